The molecule has 3 atom stereocenters. The molecule has 3 unspecified atom stereocenters. The van der Waals surface area contributed by atoms with Gasteiger partial charge in [0.15, 0.2) is 11.2 Å². The number of carboxylic acid groups (broad SMARTS) is 1. The minimum atomic E-state index is -1.14. The van der Waals surface area contributed by atoms with E-state index in [0.717, 1.165) is 109 Å². The van der Waals surface area contributed by atoms with Crippen LogP contribution in [0.2, 0.25) is 10.0 Å². The van der Waals surface area contributed by atoms with Crippen LogP contribution in [-0.2, 0) is 34.3 Å². The number of esters is 1. The first-order valence-electron chi connectivity index (χ1n) is 47.1. The van der Waals surface area contributed by atoms with Crippen molar-refractivity contribution >= 4 is 64.5 Å². The number of carboxylic acids is 1. The van der Waals surface area contributed by atoms with Crippen LogP contribution in [0.4, 0.5) is 9.59 Å². The van der Waals surface area contributed by atoms with Crippen LogP contribution in [0.3, 0.4) is 0 Å². The van der Waals surface area contributed by atoms with Crippen LogP contribution in [-0.4, -0.2) is 79.1 Å². The van der Waals surface area contributed by atoms with E-state index in [2.05, 4.69) is 173 Å². The molecule has 0 aliphatic heterocycles. The van der Waals surface area contributed by atoms with Crippen molar-refractivity contribution in [3.63, 3.8) is 0 Å². The van der Waals surface area contributed by atoms with E-state index >= 15 is 0 Å². The lowest BCUT2D eigenvalue weighted by molar-refractivity contribution is -0.153. The van der Waals surface area contributed by atoms with Crippen molar-refractivity contribution < 1.29 is 38.5 Å². The van der Waals surface area contributed by atoms with Crippen molar-refractivity contribution in [3.05, 3.63) is 337 Å². The van der Waals surface area contributed by atoms with Crippen LogP contribution in [0, 0.1) is 19.9 Å². The molecule has 12 rings (SSSR count). The number of nitrogens with one attached hydrogen (secondary N) is 2. The van der Waals surface area contributed by atoms with Crippen molar-refractivity contribution in [1.29, 1.82) is 0 Å². The Morgan fingerprint density at radius 2 is 0.762 bits per heavy atom. The van der Waals surface area contributed by atoms with E-state index < -0.39 is 16.4 Å². The number of allylic oxidation sites excluding steroid dienone is 5. The number of carbonyl (C=O) groups excluding carboxylic acids is 3. The van der Waals surface area contributed by atoms with Gasteiger partial charge in [-0.1, -0.05) is 402 Å². The van der Waals surface area contributed by atoms with Crippen molar-refractivity contribution in [2.75, 3.05) is 32.8 Å². The Hall–Kier alpha value is -9.58. The van der Waals surface area contributed by atoms with Gasteiger partial charge < -0.3 is 30.0 Å². The van der Waals surface area contributed by atoms with Crippen LogP contribution in [0.25, 0.3) is 16.7 Å². The molecule has 3 N–H and O–H groups in total. The number of alkyl halides is 1. The summed E-state index contributed by atoms with van der Waals surface area (Å²) in [5, 5.41) is 15.7. The van der Waals surface area contributed by atoms with Gasteiger partial charge in [0.05, 0.1) is 23.1 Å². The summed E-state index contributed by atoms with van der Waals surface area (Å²) in [4.78, 5) is 50.3. The zero-order valence-corrected chi connectivity index (χ0v) is 78.4. The Bertz CT molecular complexity index is 4760. The van der Waals surface area contributed by atoms with Crippen molar-refractivity contribution in [3.8, 4) is 11.1 Å². The fourth-order valence-electron chi connectivity index (χ4n) is 17.7. The Morgan fingerprint density at radius 1 is 0.413 bits per heavy atom. The predicted molar refractivity (Wildman–Crippen MR) is 524 cm³/mol. The highest BCUT2D eigenvalue weighted by atomic mass is 35.5. The number of benzene rings is 9. The highest BCUT2D eigenvalue weighted by molar-refractivity contribution is 6.35. The van der Waals surface area contributed by atoms with E-state index in [1.807, 2.05) is 146 Å². The molecule has 2 amide bonds. The highest BCUT2D eigenvalue weighted by Crippen LogP contribution is 2.50. The molecule has 0 aromatic heterocycles. The average molecular weight is 1760 g/mol. The lowest BCUT2D eigenvalue weighted by Gasteiger charge is -2.36. The number of nitrogens with zero attached hydrogens (tertiary/aromatic N) is 1. The molecule has 0 spiro atoms. The SMILES string of the molecule is CCN(C(C)C)C(C)C.Cc1ccc(C(Cl)(c2ccccc2)c2ccccc2Cl)cc1.Cc1ccc(C(OC(=O)CCCCCCCCCCCCCCCCNC(=O)OCC2c3ccccc3-c3ccccc32)(c2ccccc2)c2ccccc2Cl)cc1.O=C(O)CCCCCCCCCCCCCCCCNC(=O)OCC1C2=CC=C[C+]=C2c2ccccc21. The molecule has 0 radical (unpaired) electrons. The lowest BCUT2D eigenvalue weighted by Crippen LogP contribution is -2.36. The van der Waals surface area contributed by atoms with E-state index in [0.29, 0.717) is 61.3 Å². The Balaban J connectivity index is 0.000000223. The van der Waals surface area contributed by atoms with E-state index in [1.54, 1.807) is 0 Å². The molecule has 0 heterocycles. The zero-order chi connectivity index (χ0) is 89.6. The normalized spacial score (nSPS) is 13.7. The van der Waals surface area contributed by atoms with Gasteiger partial charge in [-0.2, -0.15) is 0 Å². The third kappa shape index (κ3) is 31.1. The van der Waals surface area contributed by atoms with Crippen LogP contribution in [0.5, 0.6) is 0 Å². The Labute approximate surface area is 770 Å². The summed E-state index contributed by atoms with van der Waals surface area (Å²) in [5.41, 5.74) is 16.3. The van der Waals surface area contributed by atoms with E-state index in [-0.39, 0.29) is 30.0 Å². The first kappa shape index (κ1) is 100. The fourth-order valence-corrected chi connectivity index (χ4v) is 18.7. The number of fused-ring (bicyclic) bond motifs is 6. The van der Waals surface area contributed by atoms with Crippen LogP contribution in [0.15, 0.2) is 254 Å². The van der Waals surface area contributed by atoms with Gasteiger partial charge in [0.1, 0.15) is 18.1 Å². The van der Waals surface area contributed by atoms with Gasteiger partial charge in [0.2, 0.25) is 0 Å². The summed E-state index contributed by atoms with van der Waals surface area (Å²) >= 11 is 20.5. The average Bonchev–Trinajstić information content (AvgIpc) is 1.37. The van der Waals surface area contributed by atoms with Gasteiger partial charge in [-0.25, -0.2) is 9.59 Å². The van der Waals surface area contributed by atoms with E-state index in [9.17, 15) is 19.2 Å². The van der Waals surface area contributed by atoms with Crippen molar-refractivity contribution in [2.45, 2.75) is 275 Å². The number of aryl methyl sites for hydroxylation is 2. The summed E-state index contributed by atoms with van der Waals surface area (Å²) in [6.07, 6.45) is 42.6. The second-order valence-electron chi connectivity index (χ2n) is 34.5. The van der Waals surface area contributed by atoms with Crippen molar-refractivity contribution in [2.24, 2.45) is 0 Å². The maximum Gasteiger partial charge on any atom is 0.407 e. The number of unbranched alkanes of at least 4 members (excludes halogenated alkanes) is 26. The minimum absolute atomic E-state index is 0.0739. The number of aliphatic carboxylic acids is 1. The number of halogens is 3. The standard InChI is InChI=1S/C52H60ClNO4.C32H43NO4.C20H16Cl2.C8H19N/c1-40-34-36-42(37-35-40)52(41-25-15-14-16-26-41,48-31-22-23-32-49(48)53)58-50(55)33-17-12-10-8-6-4-2-3-5-7-9-11-13-24-38-54-51(56)57-39-47-45-29-20-18-27-43(45)44-28-19-21-30-46(44)47;34-31(35)23-13-11-9-7-5-3-1-2-4-6-8-10-12-18-24-33-32(36)37-25-30-28-21-16-14-19-26(28)27-20-15-17-22-29(27)30;1-15-11-13-17(14-12-15)20(22,16-7-3-2-4-8-16)18-9-5-6-10-19(18)21;1-6-9(7(2)3)8(4)5/h14-16,18-23,25-32,34-37,47H,2-13,17,24,33,38-39H2,1H3,(H,54,56);14-17,19,21-22,30H,1-13,18,23-25H2,(H-,33,34,35,36);2-14H,1H3;7-8H,6H2,1-5H3/p+1. The Morgan fingerprint density at radius 3 is 1.19 bits per heavy atom. The summed E-state index contributed by atoms with van der Waals surface area (Å²) < 4.78 is 17.8. The third-order valence-corrected chi connectivity index (χ3v) is 25.8. The second kappa shape index (κ2) is 55.2. The lowest BCUT2D eigenvalue weighted by atomic mass is 9.79. The highest BCUT2D eigenvalue weighted by Gasteiger charge is 2.43. The van der Waals surface area contributed by atoms with Crippen LogP contribution in [0.1, 0.15) is 306 Å². The smallest absolute Gasteiger partial charge is 0.407 e. The number of alkyl carbamates (subject to hydrolysis) is 2. The maximum atomic E-state index is 13.6. The summed E-state index contributed by atoms with van der Waals surface area (Å²) in [5.74, 6) is -0.725. The quantitative estimate of drug-likeness (QED) is 0.00848. The fraction of sp³-hybridized carbons (Fsp3) is 0.429. The maximum absolute atomic E-state index is 13.6. The van der Waals surface area contributed by atoms with Crippen LogP contribution < -0.4 is 10.6 Å². The number of carbonyl (C=O) groups is 4. The molecule has 14 heteroatoms. The van der Waals surface area contributed by atoms with E-state index in [1.165, 1.54) is 167 Å². The number of rotatable bonds is 48. The molecule has 11 nitrogen and oxygen atoms in total. The van der Waals surface area contributed by atoms with Gasteiger partial charge in [-0.15, -0.1) is 11.6 Å². The van der Waals surface area contributed by atoms with Crippen molar-refractivity contribution in [1.82, 2.24) is 15.5 Å². The van der Waals surface area contributed by atoms with E-state index in [4.69, 9.17) is 54.1 Å². The van der Waals surface area contributed by atoms with Crippen LogP contribution >= 0.6 is 34.8 Å². The van der Waals surface area contributed by atoms with Gasteiger partial charge in [-0.3, -0.25) is 14.5 Å². The number of hydrogen-bond donors (Lipinski definition) is 3. The molecule has 0 bridgehead atoms. The molecule has 3 aliphatic carbocycles. The van der Waals surface area contributed by atoms with Gasteiger partial charge >= 0.3 is 24.1 Å². The Kier molecular flexibility index (Phi) is 43.9. The molecule has 9 aromatic carbocycles. The van der Waals surface area contributed by atoms with Gasteiger partial charge in [-0.05, 0) is 131 Å². The topological polar surface area (TPSA) is 144 Å². The molecular weight excluding hydrogens is 1620 g/mol. The minimum Gasteiger partial charge on any atom is -0.481 e. The second-order valence-corrected chi connectivity index (χ2v) is 35.8. The molecule has 0 saturated heterocycles. The first-order valence-corrected chi connectivity index (χ1v) is 48.2. The summed E-state index contributed by atoms with van der Waals surface area (Å²) in [6.45, 7) is 18.5. The molecule has 0 fully saturated rings. The first-order chi connectivity index (χ1) is 61.3. The molecular formula is C112H139Cl3N3O8+. The largest absolute Gasteiger partial charge is 0.481 e. The third-order valence-electron chi connectivity index (χ3n) is 24.5. The number of hydrogen-bond acceptors (Lipinski definition) is 8. The number of ether oxygens (including phenoxy) is 3. The molecule has 126 heavy (non-hydrogen) atoms. The monoisotopic (exact) mass is 1760 g/mol. The number of amides is 2. The predicted octanol–water partition coefficient (Wildman–Crippen LogP) is 30.3. The molecule has 0 saturated carbocycles. The summed E-state index contributed by atoms with van der Waals surface area (Å²) in [6, 6.07) is 78.4. The van der Waals surface area contributed by atoms with Gasteiger partial charge in [0, 0.05) is 100 Å². The van der Waals surface area contributed by atoms with Gasteiger partial charge in [0.25, 0.3) is 0 Å². The molecule has 3 aliphatic rings. The summed E-state index contributed by atoms with van der Waals surface area (Å²) in [7, 11) is 0. The zero-order valence-electron chi connectivity index (χ0n) is 76.1. The molecule has 670 valence electrons. The molecule has 9 aromatic rings.